The first-order chi connectivity index (χ1) is 17.0. The summed E-state index contributed by atoms with van der Waals surface area (Å²) in [4.78, 5) is -2.38. The molecule has 37 heavy (non-hydrogen) atoms. The first kappa shape index (κ1) is 26.8. The Kier molecular flexibility index (Phi) is 6.28. The number of thiophene rings is 1. The van der Waals surface area contributed by atoms with Gasteiger partial charge in [0.2, 0.25) is 0 Å². The molecule has 1 aliphatic rings. The van der Waals surface area contributed by atoms with E-state index in [0.29, 0.717) is 0 Å². The quantitative estimate of drug-likeness (QED) is 0.228. The molecule has 0 saturated heterocycles. The standard InChI is InChI=1S/C20H4F14O2S/c21-7-3(8(22)12(26)5(11(7)25)19(29,30)31)17-15-16(36-2-1-35-15)18(37-17)4-9(23)13(27)6(20(32,33)34)14(28)10(4)24/h1-2H2. The molecule has 0 saturated carbocycles. The molecule has 4 rings (SSSR count). The minimum Gasteiger partial charge on any atom is -0.485 e. The smallest absolute Gasteiger partial charge is 0.422 e. The lowest BCUT2D eigenvalue weighted by Gasteiger charge is -2.19. The third-order valence-electron chi connectivity index (χ3n) is 4.95. The predicted molar refractivity (Wildman–Crippen MR) is 95.8 cm³/mol. The van der Waals surface area contributed by atoms with Gasteiger partial charge in [0.15, 0.2) is 58.0 Å². The maximum atomic E-state index is 14.6. The van der Waals surface area contributed by atoms with Gasteiger partial charge in [0.25, 0.3) is 0 Å². The van der Waals surface area contributed by atoms with E-state index in [4.69, 9.17) is 9.47 Å². The monoisotopic (exact) mass is 574 g/mol. The highest BCUT2D eigenvalue weighted by atomic mass is 32.1. The van der Waals surface area contributed by atoms with Crippen molar-refractivity contribution in [2.24, 2.45) is 0 Å². The summed E-state index contributed by atoms with van der Waals surface area (Å²) in [6.07, 6.45) is -11.8. The zero-order chi connectivity index (χ0) is 27.8. The Hall–Kier alpha value is -3.24. The highest BCUT2D eigenvalue weighted by Gasteiger charge is 2.45. The van der Waals surface area contributed by atoms with E-state index in [9.17, 15) is 61.5 Å². The van der Waals surface area contributed by atoms with Crippen molar-refractivity contribution in [2.75, 3.05) is 13.2 Å². The molecule has 0 unspecified atom stereocenters. The Balaban J connectivity index is 2.08. The van der Waals surface area contributed by atoms with E-state index >= 15 is 0 Å². The summed E-state index contributed by atoms with van der Waals surface area (Å²) in [5, 5.41) is 0. The van der Waals surface area contributed by atoms with Crippen LogP contribution >= 0.6 is 11.3 Å². The zero-order valence-corrected chi connectivity index (χ0v) is 17.7. The van der Waals surface area contributed by atoms with Crippen molar-refractivity contribution in [1.29, 1.82) is 0 Å². The summed E-state index contributed by atoms with van der Waals surface area (Å²) >= 11 is -0.340. The van der Waals surface area contributed by atoms with Crippen LogP contribution in [0.15, 0.2) is 0 Å². The number of alkyl halides is 6. The van der Waals surface area contributed by atoms with Gasteiger partial charge in [-0.25, -0.2) is 35.1 Å². The van der Waals surface area contributed by atoms with Gasteiger partial charge in [0.1, 0.15) is 24.3 Å². The molecule has 0 fully saturated rings. The maximum absolute atomic E-state index is 14.6. The summed E-state index contributed by atoms with van der Waals surface area (Å²) in [6.45, 7) is -1.02. The second-order valence-corrected chi connectivity index (χ2v) is 8.14. The molecular formula is C20H4F14O2S. The van der Waals surface area contributed by atoms with Crippen molar-refractivity contribution in [1.82, 2.24) is 0 Å². The van der Waals surface area contributed by atoms with Crippen LogP contribution in [-0.4, -0.2) is 13.2 Å². The Labute approximate surface area is 198 Å². The minimum atomic E-state index is -5.91. The van der Waals surface area contributed by atoms with E-state index in [1.54, 1.807) is 0 Å². The van der Waals surface area contributed by atoms with Crippen LogP contribution in [0.5, 0.6) is 11.5 Å². The van der Waals surface area contributed by atoms with Crippen molar-refractivity contribution >= 4 is 11.3 Å². The molecule has 2 nitrogen and oxygen atoms in total. The molecule has 0 radical (unpaired) electrons. The first-order valence-corrected chi connectivity index (χ1v) is 10.1. The van der Waals surface area contributed by atoms with Gasteiger partial charge in [-0.15, -0.1) is 11.3 Å². The van der Waals surface area contributed by atoms with Gasteiger partial charge < -0.3 is 9.47 Å². The minimum absolute atomic E-state index is 0.340. The summed E-state index contributed by atoms with van der Waals surface area (Å²) in [6, 6.07) is 0. The molecular weight excluding hydrogens is 570 g/mol. The fourth-order valence-corrected chi connectivity index (χ4v) is 4.69. The summed E-state index contributed by atoms with van der Waals surface area (Å²) in [5.41, 5.74) is -9.65. The largest absolute Gasteiger partial charge is 0.485 e. The van der Waals surface area contributed by atoms with Gasteiger partial charge >= 0.3 is 12.4 Å². The van der Waals surface area contributed by atoms with E-state index < -0.39 is 116 Å². The van der Waals surface area contributed by atoms with Crippen molar-refractivity contribution in [3.05, 3.63) is 57.7 Å². The summed E-state index contributed by atoms with van der Waals surface area (Å²) in [7, 11) is 0. The van der Waals surface area contributed by atoms with Crippen LogP contribution in [0.25, 0.3) is 20.9 Å². The number of hydrogen-bond donors (Lipinski definition) is 0. The number of hydrogen-bond acceptors (Lipinski definition) is 3. The van der Waals surface area contributed by atoms with E-state index in [-0.39, 0.29) is 11.3 Å². The van der Waals surface area contributed by atoms with Gasteiger partial charge in [-0.2, -0.15) is 26.3 Å². The zero-order valence-electron chi connectivity index (χ0n) is 16.9. The lowest BCUT2D eigenvalue weighted by molar-refractivity contribution is -0.144. The molecule has 0 atom stereocenters. The molecule has 1 aromatic heterocycles. The van der Waals surface area contributed by atoms with Crippen LogP contribution < -0.4 is 9.47 Å². The average Bonchev–Trinajstić information content (AvgIpc) is 3.14. The van der Waals surface area contributed by atoms with E-state index in [1.165, 1.54) is 0 Å². The van der Waals surface area contributed by atoms with Crippen molar-refractivity contribution in [3.63, 3.8) is 0 Å². The molecule has 1 aliphatic heterocycles. The molecule has 0 aliphatic carbocycles. The van der Waals surface area contributed by atoms with Crippen molar-refractivity contribution in [2.45, 2.75) is 12.4 Å². The second-order valence-electron chi connectivity index (χ2n) is 7.12. The van der Waals surface area contributed by atoms with Crippen LogP contribution in [0.3, 0.4) is 0 Å². The van der Waals surface area contributed by atoms with Crippen molar-refractivity contribution < 1.29 is 70.9 Å². The van der Waals surface area contributed by atoms with E-state index in [0.717, 1.165) is 0 Å². The molecule has 0 N–H and O–H groups in total. The Morgan fingerprint density at radius 1 is 0.459 bits per heavy atom. The third-order valence-corrected chi connectivity index (χ3v) is 6.13. The molecule has 200 valence electrons. The predicted octanol–water partition coefficient (Wildman–Crippen LogP) is 8.00. The van der Waals surface area contributed by atoms with Crippen LogP contribution in [0.1, 0.15) is 11.1 Å². The summed E-state index contributed by atoms with van der Waals surface area (Å²) < 4.78 is 202. The Morgan fingerprint density at radius 3 is 0.973 bits per heavy atom. The SMILES string of the molecule is Fc1c(F)c(C(F)(F)F)c(F)c(F)c1-c1sc(-c2c(F)c(F)c(C(F)(F)F)c(F)c2F)c2c1OCCO2. The van der Waals surface area contributed by atoms with E-state index in [1.807, 2.05) is 0 Å². The topological polar surface area (TPSA) is 18.5 Å². The summed E-state index contributed by atoms with van der Waals surface area (Å²) in [5.74, 6) is -24.1. The van der Waals surface area contributed by atoms with Crippen LogP contribution in [-0.2, 0) is 12.4 Å². The second kappa shape index (κ2) is 8.66. The molecule has 0 amide bonds. The van der Waals surface area contributed by atoms with Crippen LogP contribution in [0.4, 0.5) is 61.5 Å². The van der Waals surface area contributed by atoms with Gasteiger partial charge in [0, 0.05) is 0 Å². The number of halogens is 14. The Morgan fingerprint density at radius 2 is 0.730 bits per heavy atom. The normalized spacial score (nSPS) is 13.9. The molecule has 17 heteroatoms. The van der Waals surface area contributed by atoms with Gasteiger partial charge in [-0.05, 0) is 0 Å². The highest BCUT2D eigenvalue weighted by Crippen LogP contribution is 2.56. The number of rotatable bonds is 2. The third kappa shape index (κ3) is 4.02. The lowest BCUT2D eigenvalue weighted by Crippen LogP contribution is -2.17. The molecule has 2 heterocycles. The molecule has 0 bridgehead atoms. The van der Waals surface area contributed by atoms with Gasteiger partial charge in [-0.1, -0.05) is 0 Å². The fraction of sp³-hybridized carbons (Fsp3) is 0.200. The number of benzene rings is 2. The van der Waals surface area contributed by atoms with E-state index in [2.05, 4.69) is 0 Å². The number of fused-ring (bicyclic) bond motifs is 1. The van der Waals surface area contributed by atoms with Crippen molar-refractivity contribution in [3.8, 4) is 32.4 Å². The maximum Gasteiger partial charge on any atom is 0.422 e. The number of ether oxygens (including phenoxy) is 2. The average molecular weight is 574 g/mol. The van der Waals surface area contributed by atoms with Crippen LogP contribution in [0.2, 0.25) is 0 Å². The highest BCUT2D eigenvalue weighted by molar-refractivity contribution is 7.19. The first-order valence-electron chi connectivity index (χ1n) is 9.29. The fourth-order valence-electron chi connectivity index (χ4n) is 3.44. The molecule has 0 spiro atoms. The molecule has 3 aromatic rings. The van der Waals surface area contributed by atoms with Crippen LogP contribution in [0, 0.1) is 46.5 Å². The Bertz CT molecular complexity index is 1270. The van der Waals surface area contributed by atoms with Gasteiger partial charge in [-0.3, -0.25) is 0 Å². The lowest BCUT2D eigenvalue weighted by atomic mass is 10.0. The molecule has 2 aromatic carbocycles. The van der Waals surface area contributed by atoms with Gasteiger partial charge in [0.05, 0.1) is 20.9 Å².